The van der Waals surface area contributed by atoms with Crippen molar-refractivity contribution in [3.8, 4) is 5.75 Å². The van der Waals surface area contributed by atoms with E-state index in [9.17, 15) is 9.90 Å². The Kier molecular flexibility index (Phi) is 6.21. The Balaban J connectivity index is 0.000000270. The van der Waals surface area contributed by atoms with Crippen molar-refractivity contribution in [3.05, 3.63) is 28.8 Å². The van der Waals surface area contributed by atoms with Crippen molar-refractivity contribution >= 4 is 6.47 Å². The SMILES string of the molecule is CC(C)(C)OC=O.Cc1cc2c(cc1O)CCN(C)CC2. The van der Waals surface area contributed by atoms with Gasteiger partial charge in [-0.05, 0) is 70.3 Å². The molecule has 0 fully saturated rings. The van der Waals surface area contributed by atoms with E-state index < -0.39 is 0 Å². The molecule has 0 atom stereocenters. The van der Waals surface area contributed by atoms with Crippen LogP contribution in [0.25, 0.3) is 0 Å². The van der Waals surface area contributed by atoms with E-state index in [4.69, 9.17) is 0 Å². The summed E-state index contributed by atoms with van der Waals surface area (Å²) in [4.78, 5) is 11.9. The zero-order valence-electron chi connectivity index (χ0n) is 13.8. The molecule has 21 heavy (non-hydrogen) atoms. The van der Waals surface area contributed by atoms with E-state index >= 15 is 0 Å². The molecule has 1 aliphatic rings. The highest BCUT2D eigenvalue weighted by Crippen LogP contribution is 2.24. The van der Waals surface area contributed by atoms with Crippen LogP contribution in [0.5, 0.6) is 5.75 Å². The molecule has 0 saturated carbocycles. The van der Waals surface area contributed by atoms with Gasteiger partial charge in [0.05, 0.1) is 0 Å². The van der Waals surface area contributed by atoms with Crippen molar-refractivity contribution in [1.82, 2.24) is 4.90 Å². The quantitative estimate of drug-likeness (QED) is 0.809. The third kappa shape index (κ3) is 6.17. The third-order valence-corrected chi connectivity index (χ3v) is 3.45. The molecule has 0 spiro atoms. The molecule has 0 amide bonds. The molecule has 1 aliphatic heterocycles. The number of benzene rings is 1. The van der Waals surface area contributed by atoms with Crippen LogP contribution in [-0.2, 0) is 22.4 Å². The molecule has 0 radical (unpaired) electrons. The van der Waals surface area contributed by atoms with Gasteiger partial charge in [-0.2, -0.15) is 0 Å². The Morgan fingerprint density at radius 1 is 1.19 bits per heavy atom. The minimum absolute atomic E-state index is 0.318. The number of likely N-dealkylation sites (N-methyl/N-ethyl adjacent to an activating group) is 1. The maximum atomic E-state index is 9.62. The number of phenolic OH excluding ortho intramolecular Hbond substituents is 1. The number of ether oxygens (including phenoxy) is 1. The second-order valence-electron chi connectivity index (χ2n) is 6.54. The van der Waals surface area contributed by atoms with Crippen LogP contribution in [0.15, 0.2) is 12.1 Å². The minimum Gasteiger partial charge on any atom is -0.508 e. The number of aryl methyl sites for hydroxylation is 1. The van der Waals surface area contributed by atoms with Crippen molar-refractivity contribution in [1.29, 1.82) is 0 Å². The highest BCUT2D eigenvalue weighted by molar-refractivity contribution is 5.42. The summed E-state index contributed by atoms with van der Waals surface area (Å²) in [7, 11) is 2.15. The Bertz CT molecular complexity index is 445. The number of rotatable bonds is 1. The normalized spacial score (nSPS) is 15.3. The Morgan fingerprint density at radius 3 is 2.14 bits per heavy atom. The lowest BCUT2D eigenvalue weighted by molar-refractivity contribution is -0.138. The van der Waals surface area contributed by atoms with Gasteiger partial charge in [-0.25, -0.2) is 0 Å². The summed E-state index contributed by atoms with van der Waals surface area (Å²) >= 11 is 0. The summed E-state index contributed by atoms with van der Waals surface area (Å²) < 4.78 is 4.55. The van der Waals surface area contributed by atoms with E-state index in [2.05, 4.69) is 22.8 Å². The lowest BCUT2D eigenvalue weighted by atomic mass is 10.00. The second kappa shape index (κ2) is 7.46. The zero-order valence-corrected chi connectivity index (χ0v) is 13.8. The number of aromatic hydroxyl groups is 1. The smallest absolute Gasteiger partial charge is 0.293 e. The van der Waals surface area contributed by atoms with Crippen molar-refractivity contribution in [2.24, 2.45) is 0 Å². The third-order valence-electron chi connectivity index (χ3n) is 3.45. The van der Waals surface area contributed by atoms with Crippen LogP contribution in [0.2, 0.25) is 0 Å². The van der Waals surface area contributed by atoms with Gasteiger partial charge >= 0.3 is 0 Å². The van der Waals surface area contributed by atoms with Crippen molar-refractivity contribution in [2.75, 3.05) is 20.1 Å². The first-order valence-corrected chi connectivity index (χ1v) is 7.34. The lowest BCUT2D eigenvalue weighted by Crippen LogP contribution is -2.20. The van der Waals surface area contributed by atoms with Gasteiger partial charge in [0, 0.05) is 13.1 Å². The van der Waals surface area contributed by atoms with Gasteiger partial charge in [0.2, 0.25) is 0 Å². The van der Waals surface area contributed by atoms with Crippen molar-refractivity contribution < 1.29 is 14.6 Å². The number of fused-ring (bicyclic) bond motifs is 1. The number of hydrogen-bond acceptors (Lipinski definition) is 4. The van der Waals surface area contributed by atoms with Crippen molar-refractivity contribution in [2.45, 2.75) is 46.1 Å². The van der Waals surface area contributed by atoms with Crippen LogP contribution >= 0.6 is 0 Å². The average Bonchev–Trinajstić information content (AvgIpc) is 2.53. The molecule has 1 N–H and O–H groups in total. The molecule has 0 aliphatic carbocycles. The van der Waals surface area contributed by atoms with Crippen LogP contribution < -0.4 is 0 Å². The van der Waals surface area contributed by atoms with Gasteiger partial charge in [-0.3, -0.25) is 4.79 Å². The highest BCUT2D eigenvalue weighted by atomic mass is 16.5. The summed E-state index contributed by atoms with van der Waals surface area (Å²) in [5, 5.41) is 9.62. The number of hydrogen-bond donors (Lipinski definition) is 1. The van der Waals surface area contributed by atoms with Crippen LogP contribution in [0.3, 0.4) is 0 Å². The molecule has 4 heteroatoms. The molecule has 1 aromatic carbocycles. The minimum atomic E-state index is -0.318. The fourth-order valence-corrected chi connectivity index (χ4v) is 2.14. The molecule has 2 rings (SSSR count). The first kappa shape index (κ1) is 17.5. The molecular formula is C17H27NO3. The van der Waals surface area contributed by atoms with Crippen molar-refractivity contribution in [3.63, 3.8) is 0 Å². The number of carbonyl (C=O) groups excluding carboxylic acids is 1. The summed E-state index contributed by atoms with van der Waals surface area (Å²) in [5.74, 6) is 0.438. The molecule has 0 bridgehead atoms. The molecule has 0 unspecified atom stereocenters. The maximum Gasteiger partial charge on any atom is 0.293 e. The topological polar surface area (TPSA) is 49.8 Å². The molecule has 0 saturated heterocycles. The molecule has 4 nitrogen and oxygen atoms in total. The maximum absolute atomic E-state index is 9.62. The summed E-state index contributed by atoms with van der Waals surface area (Å²) in [5.41, 5.74) is 3.40. The number of carbonyl (C=O) groups is 1. The second-order valence-corrected chi connectivity index (χ2v) is 6.54. The van der Waals surface area contributed by atoms with E-state index in [-0.39, 0.29) is 5.60 Å². The van der Waals surface area contributed by atoms with E-state index in [0.717, 1.165) is 31.5 Å². The van der Waals surface area contributed by atoms with Gasteiger partial charge in [0.25, 0.3) is 6.47 Å². The Labute approximate surface area is 127 Å². The number of phenols is 1. The number of nitrogens with zero attached hydrogens (tertiary/aromatic N) is 1. The van der Waals surface area contributed by atoms with Crippen LogP contribution in [-0.4, -0.2) is 42.2 Å². The lowest BCUT2D eigenvalue weighted by Gasteiger charge is -2.14. The Hall–Kier alpha value is -1.55. The van der Waals surface area contributed by atoms with Gasteiger partial charge in [0.1, 0.15) is 11.4 Å². The first-order valence-electron chi connectivity index (χ1n) is 7.34. The monoisotopic (exact) mass is 293 g/mol. The van der Waals surface area contributed by atoms with E-state index in [1.54, 1.807) is 0 Å². The summed E-state index contributed by atoms with van der Waals surface area (Å²) in [6.07, 6.45) is 2.16. The highest BCUT2D eigenvalue weighted by Gasteiger charge is 2.12. The van der Waals surface area contributed by atoms with E-state index in [0.29, 0.717) is 12.2 Å². The fourth-order valence-electron chi connectivity index (χ4n) is 2.14. The van der Waals surface area contributed by atoms with E-state index in [1.807, 2.05) is 33.8 Å². The predicted octanol–water partition coefficient (Wildman–Crippen LogP) is 2.69. The first-order chi connectivity index (χ1) is 9.73. The molecule has 1 aromatic rings. The van der Waals surface area contributed by atoms with Gasteiger partial charge < -0.3 is 14.7 Å². The summed E-state index contributed by atoms with van der Waals surface area (Å²) in [6.45, 7) is 10.1. The molecule has 0 aromatic heterocycles. The molecular weight excluding hydrogens is 266 g/mol. The van der Waals surface area contributed by atoms with Crippen LogP contribution in [0, 0.1) is 6.92 Å². The molecule has 1 heterocycles. The van der Waals surface area contributed by atoms with Gasteiger partial charge in [-0.15, -0.1) is 0 Å². The Morgan fingerprint density at radius 2 is 1.71 bits per heavy atom. The van der Waals surface area contributed by atoms with Crippen LogP contribution in [0.4, 0.5) is 0 Å². The predicted molar refractivity (Wildman–Crippen MR) is 84.7 cm³/mol. The van der Waals surface area contributed by atoms with Crippen LogP contribution in [0.1, 0.15) is 37.5 Å². The van der Waals surface area contributed by atoms with E-state index in [1.165, 1.54) is 11.1 Å². The standard InChI is InChI=1S/C12H17NO.C5H10O2/c1-9-7-10-3-5-13(2)6-4-11(10)8-12(9)14;1-5(2,3)7-4-6/h7-8,14H,3-6H2,1-2H3;4H,1-3H3. The summed E-state index contributed by atoms with van der Waals surface area (Å²) in [6, 6.07) is 4.06. The average molecular weight is 293 g/mol. The zero-order chi connectivity index (χ0) is 16.0. The van der Waals surface area contributed by atoms with Gasteiger partial charge in [-0.1, -0.05) is 6.07 Å². The largest absolute Gasteiger partial charge is 0.508 e. The van der Waals surface area contributed by atoms with Gasteiger partial charge in [0.15, 0.2) is 0 Å². The molecule has 118 valence electrons. The fraction of sp³-hybridized carbons (Fsp3) is 0.588.